The molecule has 2 unspecified atom stereocenters. The highest BCUT2D eigenvalue weighted by Gasteiger charge is 2.37. The molecule has 1 aromatic heterocycles. The first-order valence-corrected chi connectivity index (χ1v) is 11.5. The van der Waals surface area contributed by atoms with Gasteiger partial charge in [-0.25, -0.2) is 4.98 Å². The van der Waals surface area contributed by atoms with Gasteiger partial charge in [-0.05, 0) is 70.2 Å². The minimum Gasteiger partial charge on any atom is -0.479 e. The number of carbonyl (C=O) groups is 2. The number of hydrogen-bond acceptors (Lipinski definition) is 5. The fourth-order valence-electron chi connectivity index (χ4n) is 3.60. The number of hydrogen-bond donors (Lipinski definition) is 1. The van der Waals surface area contributed by atoms with E-state index in [4.69, 9.17) is 4.74 Å². The smallest absolute Gasteiger partial charge is 0.268 e. The first-order chi connectivity index (χ1) is 14.7. The molecule has 2 heterocycles. The van der Waals surface area contributed by atoms with Gasteiger partial charge < -0.3 is 10.1 Å². The monoisotopic (exact) mass is 499 g/mol. The average Bonchev–Trinajstić information content (AvgIpc) is 3.08. The van der Waals surface area contributed by atoms with Crippen LogP contribution in [-0.4, -0.2) is 28.9 Å². The van der Waals surface area contributed by atoms with Crippen LogP contribution >= 0.6 is 27.3 Å². The lowest BCUT2D eigenvalue weighted by molar-refractivity contribution is -0.128. The number of aryl methyl sites for hydroxylation is 2. The number of carbonyl (C=O) groups excluding carboxylic acids is 2. The third-order valence-corrected chi connectivity index (χ3v) is 6.58. The zero-order valence-electron chi connectivity index (χ0n) is 17.6. The maximum atomic E-state index is 13.1. The van der Waals surface area contributed by atoms with Gasteiger partial charge in [0.05, 0.1) is 16.4 Å². The summed E-state index contributed by atoms with van der Waals surface area (Å²) >= 11 is 5.01. The second-order valence-corrected chi connectivity index (χ2v) is 9.78. The molecule has 8 heteroatoms. The van der Waals surface area contributed by atoms with Crippen molar-refractivity contribution in [2.24, 2.45) is 0 Å². The zero-order valence-corrected chi connectivity index (χ0v) is 20.0. The van der Waals surface area contributed by atoms with E-state index in [0.29, 0.717) is 17.1 Å². The molecule has 0 radical (unpaired) electrons. The van der Waals surface area contributed by atoms with E-state index >= 15 is 0 Å². The third-order valence-electron chi connectivity index (χ3n) is 5.16. The Balaban J connectivity index is 1.69. The van der Waals surface area contributed by atoms with Gasteiger partial charge in [-0.2, -0.15) is 0 Å². The minimum atomic E-state index is -0.727. The number of ether oxygens (including phenoxy) is 1. The van der Waals surface area contributed by atoms with E-state index in [-0.39, 0.29) is 11.8 Å². The number of anilines is 2. The van der Waals surface area contributed by atoms with E-state index in [1.54, 1.807) is 37.3 Å². The van der Waals surface area contributed by atoms with E-state index < -0.39 is 12.1 Å². The molecule has 6 nitrogen and oxygen atoms in total. The average molecular weight is 500 g/mol. The van der Waals surface area contributed by atoms with Crippen molar-refractivity contribution in [1.82, 2.24) is 4.98 Å². The van der Waals surface area contributed by atoms with Crippen molar-refractivity contribution in [3.8, 4) is 17.0 Å². The Bertz CT molecular complexity index is 1160. The SMILES string of the molecule is Cc1nc(-c2ccc3c(c2)N(C(C)C(=O)Nc2ccc(Br)cc2)C(=O)C(C)O3)c(C)s1. The Hall–Kier alpha value is -2.71. The number of amides is 2. The topological polar surface area (TPSA) is 71.5 Å². The van der Waals surface area contributed by atoms with Crippen LogP contribution in [0.25, 0.3) is 11.3 Å². The Kier molecular flexibility index (Phi) is 5.85. The summed E-state index contributed by atoms with van der Waals surface area (Å²) in [5.41, 5.74) is 3.00. The molecule has 0 fully saturated rings. The number of benzene rings is 2. The Morgan fingerprint density at radius 3 is 2.58 bits per heavy atom. The predicted octanol–water partition coefficient (Wildman–Crippen LogP) is 5.33. The molecule has 0 spiro atoms. The van der Waals surface area contributed by atoms with Gasteiger partial charge in [-0.1, -0.05) is 15.9 Å². The van der Waals surface area contributed by atoms with Crippen molar-refractivity contribution in [2.45, 2.75) is 39.8 Å². The summed E-state index contributed by atoms with van der Waals surface area (Å²) in [6, 6.07) is 12.2. The highest BCUT2D eigenvalue weighted by molar-refractivity contribution is 9.10. The van der Waals surface area contributed by atoms with Crippen LogP contribution in [0.4, 0.5) is 11.4 Å². The minimum absolute atomic E-state index is 0.255. The van der Waals surface area contributed by atoms with Crippen LogP contribution < -0.4 is 15.0 Å². The van der Waals surface area contributed by atoms with E-state index in [1.807, 2.05) is 44.2 Å². The van der Waals surface area contributed by atoms with Gasteiger partial charge >= 0.3 is 0 Å². The van der Waals surface area contributed by atoms with Gasteiger partial charge in [-0.3, -0.25) is 14.5 Å². The molecule has 0 bridgehead atoms. The molecular formula is C23H22BrN3O3S. The van der Waals surface area contributed by atoms with Crippen LogP contribution in [0.2, 0.25) is 0 Å². The fraction of sp³-hybridized carbons (Fsp3) is 0.261. The standard InChI is InChI=1S/C23H22BrN3O3S/c1-12(22(28)26-18-8-6-17(24)7-9-18)27-19-11-16(21-14(3)31-15(4)25-21)5-10-20(19)30-13(2)23(27)29/h5-13H,1-4H3,(H,26,28). The van der Waals surface area contributed by atoms with Gasteiger partial charge in [-0.15, -0.1) is 11.3 Å². The van der Waals surface area contributed by atoms with E-state index in [2.05, 4.69) is 26.2 Å². The molecular weight excluding hydrogens is 478 g/mol. The second-order valence-electron chi connectivity index (χ2n) is 7.46. The largest absolute Gasteiger partial charge is 0.479 e. The third kappa shape index (κ3) is 4.22. The van der Waals surface area contributed by atoms with Gasteiger partial charge in [0, 0.05) is 20.6 Å². The van der Waals surface area contributed by atoms with Crippen LogP contribution in [0.15, 0.2) is 46.9 Å². The van der Waals surface area contributed by atoms with Gasteiger partial charge in [0.15, 0.2) is 6.10 Å². The number of nitrogens with zero attached hydrogens (tertiary/aromatic N) is 2. The quantitative estimate of drug-likeness (QED) is 0.526. The fourth-order valence-corrected chi connectivity index (χ4v) is 4.71. The van der Waals surface area contributed by atoms with Crippen LogP contribution in [0.3, 0.4) is 0 Å². The number of rotatable bonds is 4. The lowest BCUT2D eigenvalue weighted by Gasteiger charge is -2.36. The van der Waals surface area contributed by atoms with Crippen molar-refractivity contribution < 1.29 is 14.3 Å². The molecule has 2 amide bonds. The van der Waals surface area contributed by atoms with E-state index in [9.17, 15) is 9.59 Å². The first-order valence-electron chi connectivity index (χ1n) is 9.89. The summed E-state index contributed by atoms with van der Waals surface area (Å²) in [5, 5.41) is 3.86. The molecule has 3 aromatic rings. The summed E-state index contributed by atoms with van der Waals surface area (Å²) in [6.45, 7) is 7.41. The van der Waals surface area contributed by atoms with Crippen molar-refractivity contribution in [2.75, 3.05) is 10.2 Å². The van der Waals surface area contributed by atoms with Crippen LogP contribution in [0.5, 0.6) is 5.75 Å². The Labute approximate surface area is 193 Å². The Morgan fingerprint density at radius 2 is 1.94 bits per heavy atom. The normalized spacial score (nSPS) is 16.5. The highest BCUT2D eigenvalue weighted by Crippen LogP contribution is 2.39. The van der Waals surface area contributed by atoms with Crippen molar-refractivity contribution in [3.05, 3.63) is 56.8 Å². The van der Waals surface area contributed by atoms with Gasteiger partial charge in [0.2, 0.25) is 5.91 Å². The molecule has 0 saturated carbocycles. The van der Waals surface area contributed by atoms with Crippen molar-refractivity contribution >= 4 is 50.5 Å². The summed E-state index contributed by atoms with van der Waals surface area (Å²) in [4.78, 5) is 33.3. The summed E-state index contributed by atoms with van der Waals surface area (Å²) in [7, 11) is 0. The van der Waals surface area contributed by atoms with Crippen LogP contribution in [0, 0.1) is 13.8 Å². The summed E-state index contributed by atoms with van der Waals surface area (Å²) in [5.74, 6) is 0.0415. The molecule has 2 aromatic carbocycles. The first kappa shape index (κ1) is 21.5. The highest BCUT2D eigenvalue weighted by atomic mass is 79.9. The van der Waals surface area contributed by atoms with E-state index in [1.165, 1.54) is 4.90 Å². The molecule has 1 aliphatic heterocycles. The molecule has 1 aliphatic rings. The van der Waals surface area contributed by atoms with Crippen LogP contribution in [-0.2, 0) is 9.59 Å². The number of fused-ring (bicyclic) bond motifs is 1. The molecule has 1 N–H and O–H groups in total. The van der Waals surface area contributed by atoms with Crippen molar-refractivity contribution in [1.29, 1.82) is 0 Å². The van der Waals surface area contributed by atoms with Gasteiger partial charge in [0.1, 0.15) is 11.8 Å². The Morgan fingerprint density at radius 1 is 1.23 bits per heavy atom. The number of thiazole rings is 1. The molecule has 0 aliphatic carbocycles. The number of halogens is 1. The maximum absolute atomic E-state index is 13.1. The van der Waals surface area contributed by atoms with Crippen LogP contribution in [0.1, 0.15) is 23.7 Å². The predicted molar refractivity (Wildman–Crippen MR) is 127 cm³/mol. The second kappa shape index (κ2) is 8.43. The molecule has 2 atom stereocenters. The molecule has 31 heavy (non-hydrogen) atoms. The molecule has 0 saturated heterocycles. The lowest BCUT2D eigenvalue weighted by Crippen LogP contribution is -2.52. The summed E-state index contributed by atoms with van der Waals surface area (Å²) in [6.07, 6.45) is -0.676. The zero-order chi connectivity index (χ0) is 22.3. The lowest BCUT2D eigenvalue weighted by atomic mass is 10.1. The number of nitrogens with one attached hydrogen (secondary N) is 1. The van der Waals surface area contributed by atoms with Gasteiger partial charge in [0.25, 0.3) is 5.91 Å². The summed E-state index contributed by atoms with van der Waals surface area (Å²) < 4.78 is 6.74. The van der Waals surface area contributed by atoms with Crippen molar-refractivity contribution in [3.63, 3.8) is 0 Å². The number of aromatic nitrogens is 1. The maximum Gasteiger partial charge on any atom is 0.268 e. The van der Waals surface area contributed by atoms with E-state index in [0.717, 1.165) is 25.6 Å². The molecule has 160 valence electrons. The molecule has 4 rings (SSSR count).